The van der Waals surface area contributed by atoms with Gasteiger partial charge in [0.25, 0.3) is 0 Å². The summed E-state index contributed by atoms with van der Waals surface area (Å²) in [5.41, 5.74) is 2.09. The molecule has 0 aliphatic heterocycles. The number of carbonyl (C=O) groups excluding carboxylic acids is 1. The maximum Gasteiger partial charge on any atom is 0.343 e. The van der Waals surface area contributed by atoms with Crippen molar-refractivity contribution in [2.75, 3.05) is 36.9 Å². The largest absolute Gasteiger partial charge is 0.481 e. The van der Waals surface area contributed by atoms with Gasteiger partial charge < -0.3 is 31.1 Å². The number of hydrogen-bond donors (Lipinski definition) is 5. The zero-order valence-corrected chi connectivity index (χ0v) is 20.8. The molecule has 1 aromatic heterocycles. The number of nitrogens with zero attached hydrogens (tertiary/aromatic N) is 2. The zero-order valence-electron chi connectivity index (χ0n) is 18.4. The van der Waals surface area contributed by atoms with E-state index in [0.717, 1.165) is 15.7 Å². The highest BCUT2D eigenvalue weighted by molar-refractivity contribution is 9.10. The van der Waals surface area contributed by atoms with Crippen molar-refractivity contribution in [3.8, 4) is 0 Å². The summed E-state index contributed by atoms with van der Waals surface area (Å²) < 4.78 is 6.07. The van der Waals surface area contributed by atoms with Gasteiger partial charge in [0.1, 0.15) is 11.4 Å². The SMILES string of the molecule is CCOC(=O)c1cnc(Nc2cccc(Br)c2C)nc1NCCCNC(=S)NCCC(=O)O. The van der Waals surface area contributed by atoms with Gasteiger partial charge in [0.2, 0.25) is 5.95 Å². The van der Waals surface area contributed by atoms with E-state index in [1.807, 2.05) is 25.1 Å². The first-order valence-corrected chi connectivity index (χ1v) is 11.6. The molecule has 0 radical (unpaired) electrons. The maximum absolute atomic E-state index is 12.3. The van der Waals surface area contributed by atoms with Crippen molar-refractivity contribution in [3.05, 3.63) is 40.0 Å². The number of esters is 1. The van der Waals surface area contributed by atoms with Crippen LogP contribution in [0.15, 0.2) is 28.9 Å². The van der Waals surface area contributed by atoms with Crippen molar-refractivity contribution >= 4 is 62.7 Å². The number of ether oxygens (including phenoxy) is 1. The van der Waals surface area contributed by atoms with E-state index in [0.29, 0.717) is 36.4 Å². The Balaban J connectivity index is 1.98. The first kappa shape index (κ1) is 26.3. The molecule has 0 atom stereocenters. The Morgan fingerprint density at radius 1 is 1.21 bits per heavy atom. The highest BCUT2D eigenvalue weighted by Crippen LogP contribution is 2.26. The van der Waals surface area contributed by atoms with Gasteiger partial charge in [-0.05, 0) is 50.2 Å². The number of halogens is 1. The molecule has 1 heterocycles. The van der Waals surface area contributed by atoms with Crippen molar-refractivity contribution in [2.45, 2.75) is 26.7 Å². The highest BCUT2D eigenvalue weighted by Gasteiger charge is 2.16. The van der Waals surface area contributed by atoms with Crippen LogP contribution in [0.5, 0.6) is 0 Å². The molecule has 1 aromatic carbocycles. The molecule has 0 amide bonds. The van der Waals surface area contributed by atoms with Gasteiger partial charge >= 0.3 is 11.9 Å². The van der Waals surface area contributed by atoms with E-state index in [-0.39, 0.29) is 25.1 Å². The maximum atomic E-state index is 12.3. The Hall–Kier alpha value is -2.99. The van der Waals surface area contributed by atoms with Gasteiger partial charge in [-0.1, -0.05) is 22.0 Å². The third-order valence-electron chi connectivity index (χ3n) is 4.35. The number of rotatable bonds is 12. The van der Waals surface area contributed by atoms with Crippen LogP contribution in [0.4, 0.5) is 17.5 Å². The van der Waals surface area contributed by atoms with Gasteiger partial charge in [-0.3, -0.25) is 4.79 Å². The molecule has 5 N–H and O–H groups in total. The summed E-state index contributed by atoms with van der Waals surface area (Å²) in [6.45, 7) is 5.25. The smallest absolute Gasteiger partial charge is 0.343 e. The lowest BCUT2D eigenvalue weighted by molar-refractivity contribution is -0.136. The quantitative estimate of drug-likeness (QED) is 0.154. The number of carboxylic acids is 1. The predicted octanol–water partition coefficient (Wildman–Crippen LogP) is 3.21. The van der Waals surface area contributed by atoms with E-state index in [1.54, 1.807) is 6.92 Å². The van der Waals surface area contributed by atoms with Crippen LogP contribution in [0.1, 0.15) is 35.7 Å². The summed E-state index contributed by atoms with van der Waals surface area (Å²) >= 11 is 8.60. The van der Waals surface area contributed by atoms with E-state index < -0.39 is 11.9 Å². The fourth-order valence-corrected chi connectivity index (χ4v) is 3.21. The fraction of sp³-hybridized carbons (Fsp3) is 0.381. The van der Waals surface area contributed by atoms with Gasteiger partial charge in [-0.2, -0.15) is 4.98 Å². The minimum absolute atomic E-state index is 0.0104. The molecule has 2 rings (SSSR count). The van der Waals surface area contributed by atoms with Crippen LogP contribution in [0.25, 0.3) is 0 Å². The Morgan fingerprint density at radius 2 is 1.97 bits per heavy atom. The Kier molecular flexibility index (Phi) is 10.8. The molecule has 10 nitrogen and oxygen atoms in total. The summed E-state index contributed by atoms with van der Waals surface area (Å²) in [6.07, 6.45) is 2.09. The summed E-state index contributed by atoms with van der Waals surface area (Å²) in [5, 5.41) is 21.2. The monoisotopic (exact) mass is 538 g/mol. The second-order valence-electron chi connectivity index (χ2n) is 6.82. The van der Waals surface area contributed by atoms with E-state index in [2.05, 4.69) is 47.2 Å². The molecular weight excluding hydrogens is 512 g/mol. The van der Waals surface area contributed by atoms with Crippen LogP contribution < -0.4 is 21.3 Å². The van der Waals surface area contributed by atoms with Crippen molar-refractivity contribution in [1.29, 1.82) is 0 Å². The van der Waals surface area contributed by atoms with Crippen molar-refractivity contribution in [1.82, 2.24) is 20.6 Å². The molecule has 0 aliphatic rings. The molecule has 0 fully saturated rings. The van der Waals surface area contributed by atoms with Gasteiger partial charge in [0, 0.05) is 36.0 Å². The first-order chi connectivity index (χ1) is 15.8. The highest BCUT2D eigenvalue weighted by atomic mass is 79.9. The molecule has 33 heavy (non-hydrogen) atoms. The lowest BCUT2D eigenvalue weighted by Crippen LogP contribution is -2.37. The first-order valence-electron chi connectivity index (χ1n) is 10.4. The lowest BCUT2D eigenvalue weighted by Gasteiger charge is -2.14. The summed E-state index contributed by atoms with van der Waals surface area (Å²) in [5.74, 6) is -0.692. The van der Waals surface area contributed by atoms with Crippen LogP contribution in [-0.4, -0.2) is 58.4 Å². The lowest BCUT2D eigenvalue weighted by atomic mass is 10.2. The number of carbonyl (C=O) groups is 2. The Labute approximate surface area is 206 Å². The molecule has 0 bridgehead atoms. The molecule has 178 valence electrons. The van der Waals surface area contributed by atoms with Gasteiger partial charge in [-0.15, -0.1) is 0 Å². The van der Waals surface area contributed by atoms with Crippen LogP contribution in [0.3, 0.4) is 0 Å². The second-order valence-corrected chi connectivity index (χ2v) is 8.08. The number of aromatic nitrogens is 2. The topological polar surface area (TPSA) is 138 Å². The second kappa shape index (κ2) is 13.5. The van der Waals surface area contributed by atoms with Crippen molar-refractivity contribution in [3.63, 3.8) is 0 Å². The molecular formula is C21H27BrN6O4S. The third-order valence-corrected chi connectivity index (χ3v) is 5.50. The van der Waals surface area contributed by atoms with Crippen LogP contribution in [-0.2, 0) is 9.53 Å². The molecule has 2 aromatic rings. The number of thiocarbonyl (C=S) groups is 1. The van der Waals surface area contributed by atoms with Crippen LogP contribution in [0.2, 0.25) is 0 Å². The average molecular weight is 539 g/mol. The molecule has 0 spiro atoms. The van der Waals surface area contributed by atoms with Gasteiger partial charge in [0.05, 0.1) is 13.0 Å². The Bertz CT molecular complexity index is 991. The number of hydrogen-bond acceptors (Lipinski definition) is 8. The average Bonchev–Trinajstić information content (AvgIpc) is 2.76. The number of benzene rings is 1. The minimum Gasteiger partial charge on any atom is -0.481 e. The third kappa shape index (κ3) is 8.81. The van der Waals surface area contributed by atoms with Gasteiger partial charge in [-0.25, -0.2) is 9.78 Å². The van der Waals surface area contributed by atoms with Crippen molar-refractivity contribution < 1.29 is 19.4 Å². The van der Waals surface area contributed by atoms with Crippen LogP contribution >= 0.6 is 28.1 Å². The van der Waals surface area contributed by atoms with E-state index in [4.69, 9.17) is 22.1 Å². The fourth-order valence-electron chi connectivity index (χ4n) is 2.64. The molecule has 12 heteroatoms. The van der Waals surface area contributed by atoms with Gasteiger partial charge in [0.15, 0.2) is 5.11 Å². The molecule has 0 aliphatic carbocycles. The van der Waals surface area contributed by atoms with Crippen LogP contribution in [0, 0.1) is 6.92 Å². The normalized spacial score (nSPS) is 10.3. The number of carboxylic acid groups (broad SMARTS) is 1. The minimum atomic E-state index is -0.888. The summed E-state index contributed by atoms with van der Waals surface area (Å²) in [7, 11) is 0. The zero-order chi connectivity index (χ0) is 24.2. The summed E-state index contributed by atoms with van der Waals surface area (Å²) in [6, 6.07) is 5.76. The van der Waals surface area contributed by atoms with E-state index >= 15 is 0 Å². The molecule has 0 saturated heterocycles. The molecule has 0 saturated carbocycles. The van der Waals surface area contributed by atoms with E-state index in [9.17, 15) is 9.59 Å². The Morgan fingerprint density at radius 3 is 2.70 bits per heavy atom. The number of anilines is 3. The summed E-state index contributed by atoms with van der Waals surface area (Å²) in [4.78, 5) is 31.6. The number of nitrogens with one attached hydrogen (secondary N) is 4. The standard InChI is InChI=1S/C21H27BrN6O4S/c1-3-32-19(31)14-12-26-20(27-16-7-4-6-15(22)13(16)2)28-18(14)23-9-5-10-24-21(33)25-11-8-17(29)30/h4,6-7,12H,3,5,8-11H2,1-2H3,(H,29,30)(H2,24,25,33)(H2,23,26,27,28). The number of aliphatic carboxylic acids is 1. The van der Waals surface area contributed by atoms with Crippen molar-refractivity contribution in [2.24, 2.45) is 0 Å². The van der Waals surface area contributed by atoms with E-state index in [1.165, 1.54) is 6.20 Å². The predicted molar refractivity (Wildman–Crippen MR) is 134 cm³/mol. The molecule has 0 unspecified atom stereocenters.